The normalized spacial score (nSPS) is 10.7. The third kappa shape index (κ3) is 8.09. The maximum absolute atomic E-state index is 13.2. The number of hydrogen-bond acceptors (Lipinski definition) is 6. The first-order valence-corrected chi connectivity index (χ1v) is 16.7. The fourth-order valence-corrected chi connectivity index (χ4v) is 5.54. The summed E-state index contributed by atoms with van der Waals surface area (Å²) < 4.78 is 23.2. The van der Waals surface area contributed by atoms with Crippen LogP contribution in [0.5, 0.6) is 40.2 Å². The number of hydrogen-bond donors (Lipinski definition) is 0. The van der Waals surface area contributed by atoms with E-state index in [0.717, 1.165) is 22.4 Å². The molecule has 6 heteroatoms. The van der Waals surface area contributed by atoms with E-state index in [9.17, 15) is 9.59 Å². The van der Waals surface area contributed by atoms with Gasteiger partial charge in [-0.2, -0.15) is 0 Å². The van der Waals surface area contributed by atoms with Crippen LogP contribution in [0.1, 0.15) is 37.4 Å². The molecule has 0 amide bonds. The van der Waals surface area contributed by atoms with Gasteiger partial charge >= 0.3 is 0 Å². The van der Waals surface area contributed by atoms with Crippen molar-refractivity contribution < 1.29 is 28.5 Å². The van der Waals surface area contributed by atoms with Gasteiger partial charge in [-0.05, 0) is 139 Å². The Morgan fingerprint density at radius 3 is 0.846 bits per heavy atom. The van der Waals surface area contributed by atoms with Crippen molar-refractivity contribution in [3.63, 3.8) is 0 Å². The Labute approximate surface area is 302 Å². The van der Waals surface area contributed by atoms with Gasteiger partial charge in [-0.3, -0.25) is 9.59 Å². The number of benzene rings is 7. The molecule has 0 aromatic heterocycles. The maximum atomic E-state index is 13.2. The molecule has 0 heterocycles. The zero-order chi connectivity index (χ0) is 35.9. The lowest BCUT2D eigenvalue weighted by Crippen LogP contribution is -2.01. The van der Waals surface area contributed by atoms with Crippen molar-refractivity contribution in [2.45, 2.75) is 6.92 Å². The van der Waals surface area contributed by atoms with E-state index >= 15 is 0 Å². The minimum Gasteiger partial charge on any atom is -0.497 e. The van der Waals surface area contributed by atoms with Crippen LogP contribution in [-0.2, 0) is 0 Å². The Morgan fingerprint density at radius 2 is 0.558 bits per heavy atom. The van der Waals surface area contributed by atoms with Gasteiger partial charge in [-0.25, -0.2) is 0 Å². The van der Waals surface area contributed by atoms with Gasteiger partial charge in [0.25, 0.3) is 0 Å². The fraction of sp³-hybridized carbons (Fsp3) is 0.0435. The van der Waals surface area contributed by atoms with Gasteiger partial charge in [0.05, 0.1) is 7.11 Å². The number of aryl methyl sites for hydroxylation is 1. The molecule has 0 unspecified atom stereocenters. The molecule has 7 rings (SSSR count). The molecule has 0 radical (unpaired) electrons. The summed E-state index contributed by atoms with van der Waals surface area (Å²) in [5.74, 6) is 4.49. The van der Waals surface area contributed by atoms with Crippen molar-refractivity contribution in [3.05, 3.63) is 198 Å². The molecule has 0 spiro atoms. The molecule has 0 aliphatic heterocycles. The third-order valence-electron chi connectivity index (χ3n) is 8.47. The summed E-state index contributed by atoms with van der Waals surface area (Å²) in [6.45, 7) is 1.99. The molecule has 6 nitrogen and oxygen atoms in total. The number of ketones is 2. The minimum atomic E-state index is -0.101. The van der Waals surface area contributed by atoms with E-state index < -0.39 is 0 Å². The molecule has 0 atom stereocenters. The molecule has 0 fully saturated rings. The highest BCUT2D eigenvalue weighted by atomic mass is 16.5. The molecule has 0 aliphatic carbocycles. The van der Waals surface area contributed by atoms with Gasteiger partial charge in [0, 0.05) is 22.3 Å². The van der Waals surface area contributed by atoms with Gasteiger partial charge < -0.3 is 18.9 Å². The Balaban J connectivity index is 0.906. The molecule has 0 saturated heterocycles. The summed E-state index contributed by atoms with van der Waals surface area (Å²) in [5, 5.41) is 0. The van der Waals surface area contributed by atoms with Crippen molar-refractivity contribution in [1.29, 1.82) is 0 Å². The average molecular weight is 683 g/mol. The van der Waals surface area contributed by atoms with Crippen molar-refractivity contribution in [1.82, 2.24) is 0 Å². The molecular weight excluding hydrogens is 648 g/mol. The summed E-state index contributed by atoms with van der Waals surface area (Å²) in [4.78, 5) is 26.0. The number of methoxy groups -OCH3 is 1. The van der Waals surface area contributed by atoms with E-state index in [4.69, 9.17) is 18.9 Å². The summed E-state index contributed by atoms with van der Waals surface area (Å²) in [6.07, 6.45) is 0. The van der Waals surface area contributed by atoms with Crippen LogP contribution in [-0.4, -0.2) is 18.7 Å². The molecule has 7 aromatic carbocycles. The molecule has 0 aliphatic rings. The zero-order valence-corrected chi connectivity index (χ0v) is 28.6. The van der Waals surface area contributed by atoms with Gasteiger partial charge in [0.2, 0.25) is 0 Å². The van der Waals surface area contributed by atoms with Crippen LogP contribution in [0.4, 0.5) is 0 Å². The lowest BCUT2D eigenvalue weighted by Gasteiger charge is -2.10. The van der Waals surface area contributed by atoms with Gasteiger partial charge in [-0.1, -0.05) is 54.1 Å². The monoisotopic (exact) mass is 682 g/mol. The second-order valence-corrected chi connectivity index (χ2v) is 12.1. The second-order valence-electron chi connectivity index (χ2n) is 12.1. The molecule has 0 N–H and O–H groups in total. The first kappa shape index (κ1) is 33.6. The first-order valence-electron chi connectivity index (χ1n) is 16.7. The Hall–Kier alpha value is -6.92. The molecule has 0 bridgehead atoms. The topological polar surface area (TPSA) is 71.1 Å². The third-order valence-corrected chi connectivity index (χ3v) is 8.47. The van der Waals surface area contributed by atoms with Crippen LogP contribution in [0.25, 0.3) is 11.1 Å². The van der Waals surface area contributed by atoms with Gasteiger partial charge in [0.15, 0.2) is 11.6 Å². The Bertz CT molecular complexity index is 2270. The van der Waals surface area contributed by atoms with E-state index in [-0.39, 0.29) is 11.6 Å². The molecule has 254 valence electrons. The largest absolute Gasteiger partial charge is 0.497 e. The van der Waals surface area contributed by atoms with Crippen LogP contribution in [0, 0.1) is 6.92 Å². The molecule has 52 heavy (non-hydrogen) atoms. The predicted octanol–water partition coefficient (Wildman–Crippen LogP) is 11.5. The second kappa shape index (κ2) is 15.3. The smallest absolute Gasteiger partial charge is 0.193 e. The highest BCUT2D eigenvalue weighted by molar-refractivity contribution is 6.09. The van der Waals surface area contributed by atoms with Crippen LogP contribution < -0.4 is 18.9 Å². The summed E-state index contributed by atoms with van der Waals surface area (Å²) in [7, 11) is 1.65. The zero-order valence-electron chi connectivity index (χ0n) is 28.6. The lowest BCUT2D eigenvalue weighted by molar-refractivity contribution is 0.103. The average Bonchev–Trinajstić information content (AvgIpc) is 3.20. The summed E-state index contributed by atoms with van der Waals surface area (Å²) in [5.41, 5.74) is 5.62. The number of carbonyl (C=O) groups excluding carboxylic acids is 2. The minimum absolute atomic E-state index is 0.0326. The van der Waals surface area contributed by atoms with E-state index in [1.807, 2.05) is 104 Å². The van der Waals surface area contributed by atoms with Crippen LogP contribution in [0.3, 0.4) is 0 Å². The standard InChI is InChI=1S/C46H34O6/c1-31-3-5-34(6-4-31)45(47)35-11-23-41(24-12-35)51-43-27-29-44(30-28-43)52-42-25-15-37(16-26-42)46(48)36-13-21-40(22-14-36)50-39-19-9-33(10-20-39)32-7-17-38(49-2)18-8-32/h3-30H,1-2H3. The van der Waals surface area contributed by atoms with Crippen molar-refractivity contribution in [2.75, 3.05) is 7.11 Å². The molecular formula is C46H34O6. The van der Waals surface area contributed by atoms with E-state index in [1.54, 1.807) is 79.9 Å². The number of carbonyl (C=O) groups is 2. The lowest BCUT2D eigenvalue weighted by atomic mass is 10.0. The van der Waals surface area contributed by atoms with E-state index in [2.05, 4.69) is 0 Å². The van der Waals surface area contributed by atoms with Gasteiger partial charge in [0.1, 0.15) is 40.2 Å². The first-order chi connectivity index (χ1) is 25.4. The highest BCUT2D eigenvalue weighted by Crippen LogP contribution is 2.30. The number of rotatable bonds is 12. The summed E-state index contributed by atoms with van der Waals surface area (Å²) in [6, 6.07) is 51.7. The van der Waals surface area contributed by atoms with E-state index in [0.29, 0.717) is 56.8 Å². The predicted molar refractivity (Wildman–Crippen MR) is 202 cm³/mol. The SMILES string of the molecule is COc1ccc(-c2ccc(Oc3ccc(C(=O)c4ccc(Oc5ccc(Oc6ccc(C(=O)c7ccc(C)cc7)cc6)cc5)cc4)cc3)cc2)cc1. The van der Waals surface area contributed by atoms with E-state index in [1.165, 1.54) is 0 Å². The van der Waals surface area contributed by atoms with Crippen molar-refractivity contribution in [2.24, 2.45) is 0 Å². The maximum Gasteiger partial charge on any atom is 0.193 e. The van der Waals surface area contributed by atoms with Gasteiger partial charge in [-0.15, -0.1) is 0 Å². The van der Waals surface area contributed by atoms with Crippen LogP contribution in [0.15, 0.2) is 170 Å². The number of ether oxygens (including phenoxy) is 4. The quantitative estimate of drug-likeness (QED) is 0.119. The van der Waals surface area contributed by atoms with Crippen molar-refractivity contribution >= 4 is 11.6 Å². The summed E-state index contributed by atoms with van der Waals surface area (Å²) >= 11 is 0. The highest BCUT2D eigenvalue weighted by Gasteiger charge is 2.12. The fourth-order valence-electron chi connectivity index (χ4n) is 5.54. The molecule has 0 saturated carbocycles. The molecule has 7 aromatic rings. The van der Waals surface area contributed by atoms with Crippen LogP contribution in [0.2, 0.25) is 0 Å². The Kier molecular flexibility index (Phi) is 9.89. The Morgan fingerprint density at radius 1 is 0.327 bits per heavy atom. The van der Waals surface area contributed by atoms with Crippen LogP contribution >= 0.6 is 0 Å². The van der Waals surface area contributed by atoms with Crippen molar-refractivity contribution in [3.8, 4) is 51.4 Å².